The van der Waals surface area contributed by atoms with Gasteiger partial charge in [-0.05, 0) is 47.6 Å². The van der Waals surface area contributed by atoms with Crippen LogP contribution >= 0.6 is 0 Å². The van der Waals surface area contributed by atoms with Crippen molar-refractivity contribution in [1.29, 1.82) is 0 Å². The molecule has 1 saturated heterocycles. The van der Waals surface area contributed by atoms with E-state index in [4.69, 9.17) is 4.74 Å². The molecular formula is C26H24N4O5S. The van der Waals surface area contributed by atoms with Crippen LogP contribution in [0.5, 0.6) is 0 Å². The Hall–Kier alpha value is -3.60. The molecule has 2 atom stereocenters. The van der Waals surface area contributed by atoms with Crippen molar-refractivity contribution < 1.29 is 18.3 Å². The molecule has 0 spiro atoms. The van der Waals surface area contributed by atoms with E-state index in [0.29, 0.717) is 36.0 Å². The lowest BCUT2D eigenvalue weighted by atomic mass is 9.95. The first kappa shape index (κ1) is 22.8. The average Bonchev–Trinajstić information content (AvgIpc) is 3.31. The van der Waals surface area contributed by atoms with Gasteiger partial charge in [0.1, 0.15) is 0 Å². The first-order valence-electron chi connectivity index (χ1n) is 11.7. The van der Waals surface area contributed by atoms with Gasteiger partial charge in [0.25, 0.3) is 5.56 Å². The molecule has 0 bridgehead atoms. The average molecular weight is 505 g/mol. The van der Waals surface area contributed by atoms with E-state index in [2.05, 4.69) is 9.97 Å². The van der Waals surface area contributed by atoms with Crippen molar-refractivity contribution in [1.82, 2.24) is 18.5 Å². The summed E-state index contributed by atoms with van der Waals surface area (Å²) in [5.74, 6) is 0. The number of aliphatic hydroxyl groups excluding tert-OH is 1. The van der Waals surface area contributed by atoms with Crippen LogP contribution in [-0.4, -0.2) is 57.6 Å². The smallest absolute Gasteiger partial charge is 0.261 e. The summed E-state index contributed by atoms with van der Waals surface area (Å²) in [6.07, 6.45) is 6.00. The number of hydrogen-bond acceptors (Lipinski definition) is 7. The standard InChI is InChI=1S/C26H24N4O5S/c1-36(33,34)30-10-7-19-16(6-9-27-25(19)30)12-17-13-21-24(20-5-3-2-4-18(17)20)28-15-29(26(21)32)22-8-11-35-14-23(22)31/h2-7,9-10,13,15,22-23,31H,8,11-12,14H2,1H3/t22?,23-/m0/s1. The molecule has 4 heterocycles. The molecule has 10 heteroatoms. The molecule has 184 valence electrons. The summed E-state index contributed by atoms with van der Waals surface area (Å²) >= 11 is 0. The fourth-order valence-corrected chi connectivity index (χ4v) is 5.91. The highest BCUT2D eigenvalue weighted by Gasteiger charge is 2.27. The molecule has 0 amide bonds. The highest BCUT2D eigenvalue weighted by atomic mass is 32.2. The van der Waals surface area contributed by atoms with Crippen molar-refractivity contribution in [3.05, 3.63) is 82.7 Å². The van der Waals surface area contributed by atoms with Gasteiger partial charge in [-0.2, -0.15) is 0 Å². The number of pyridine rings is 1. The molecule has 1 unspecified atom stereocenters. The van der Waals surface area contributed by atoms with Crippen LogP contribution in [0.25, 0.3) is 32.7 Å². The first-order valence-corrected chi connectivity index (χ1v) is 13.5. The molecular weight excluding hydrogens is 480 g/mol. The maximum absolute atomic E-state index is 13.6. The van der Waals surface area contributed by atoms with E-state index >= 15 is 0 Å². The largest absolute Gasteiger partial charge is 0.389 e. The first-order chi connectivity index (χ1) is 17.3. The minimum atomic E-state index is -3.49. The molecule has 5 aromatic rings. The summed E-state index contributed by atoms with van der Waals surface area (Å²) in [4.78, 5) is 22.6. The second-order valence-electron chi connectivity index (χ2n) is 9.19. The van der Waals surface area contributed by atoms with Crippen molar-refractivity contribution >= 4 is 42.7 Å². The number of aliphatic hydroxyl groups is 1. The molecule has 0 saturated carbocycles. The van der Waals surface area contributed by atoms with Gasteiger partial charge in [-0.3, -0.25) is 9.36 Å². The zero-order chi connectivity index (χ0) is 25.0. The summed E-state index contributed by atoms with van der Waals surface area (Å²) in [6.45, 7) is 0.656. The summed E-state index contributed by atoms with van der Waals surface area (Å²) in [6, 6.07) is 12.9. The number of aromatic nitrogens is 4. The van der Waals surface area contributed by atoms with Crippen molar-refractivity contribution in [2.45, 2.75) is 25.0 Å². The van der Waals surface area contributed by atoms with E-state index < -0.39 is 22.2 Å². The number of ether oxygens (including phenoxy) is 1. The van der Waals surface area contributed by atoms with Crippen LogP contribution in [0.2, 0.25) is 0 Å². The predicted octanol–water partition coefficient (Wildman–Crippen LogP) is 2.62. The van der Waals surface area contributed by atoms with Crippen LogP contribution in [-0.2, 0) is 21.2 Å². The van der Waals surface area contributed by atoms with Crippen molar-refractivity contribution in [2.75, 3.05) is 19.5 Å². The van der Waals surface area contributed by atoms with Gasteiger partial charge in [0, 0.05) is 29.8 Å². The number of benzene rings is 2. The van der Waals surface area contributed by atoms with Gasteiger partial charge in [0.05, 0.1) is 42.2 Å². The molecule has 1 aliphatic heterocycles. The zero-order valence-electron chi connectivity index (χ0n) is 19.5. The minimum absolute atomic E-state index is 0.184. The molecule has 9 nitrogen and oxygen atoms in total. The Bertz CT molecular complexity index is 1810. The second kappa shape index (κ2) is 8.51. The monoisotopic (exact) mass is 504 g/mol. The number of rotatable bonds is 4. The van der Waals surface area contributed by atoms with Crippen molar-refractivity contribution in [3.8, 4) is 0 Å². The normalized spacial score (nSPS) is 18.8. The van der Waals surface area contributed by atoms with Crippen LogP contribution in [0.4, 0.5) is 0 Å². The van der Waals surface area contributed by atoms with E-state index in [0.717, 1.165) is 33.5 Å². The number of nitrogens with zero attached hydrogens (tertiary/aromatic N) is 4. The lowest BCUT2D eigenvalue weighted by molar-refractivity contribution is -0.0395. The molecule has 1 aliphatic rings. The molecule has 2 aromatic carbocycles. The van der Waals surface area contributed by atoms with Gasteiger partial charge in [-0.25, -0.2) is 22.4 Å². The van der Waals surface area contributed by atoms with Gasteiger partial charge >= 0.3 is 0 Å². The Morgan fingerprint density at radius 3 is 2.64 bits per heavy atom. The lowest BCUT2D eigenvalue weighted by Crippen LogP contribution is -2.39. The summed E-state index contributed by atoms with van der Waals surface area (Å²) < 4.78 is 32.4. The van der Waals surface area contributed by atoms with Crippen molar-refractivity contribution in [3.63, 3.8) is 0 Å². The number of fused-ring (bicyclic) bond motifs is 4. The van der Waals surface area contributed by atoms with Gasteiger partial charge in [0.15, 0.2) is 5.65 Å². The highest BCUT2D eigenvalue weighted by molar-refractivity contribution is 7.89. The second-order valence-corrected chi connectivity index (χ2v) is 11.1. The Morgan fingerprint density at radius 2 is 1.86 bits per heavy atom. The lowest BCUT2D eigenvalue weighted by Gasteiger charge is -2.29. The van der Waals surface area contributed by atoms with Crippen LogP contribution in [0, 0.1) is 0 Å². The van der Waals surface area contributed by atoms with E-state index in [1.807, 2.05) is 36.4 Å². The summed E-state index contributed by atoms with van der Waals surface area (Å²) in [5.41, 5.74) is 2.59. The van der Waals surface area contributed by atoms with E-state index in [1.54, 1.807) is 12.3 Å². The van der Waals surface area contributed by atoms with Gasteiger partial charge in [-0.1, -0.05) is 24.3 Å². The Balaban J connectivity index is 1.54. The summed E-state index contributed by atoms with van der Waals surface area (Å²) in [7, 11) is -3.49. The molecule has 0 aliphatic carbocycles. The zero-order valence-corrected chi connectivity index (χ0v) is 20.4. The van der Waals surface area contributed by atoms with Gasteiger partial charge in [-0.15, -0.1) is 0 Å². The van der Waals surface area contributed by atoms with Crippen LogP contribution in [0.15, 0.2) is 66.0 Å². The molecule has 1 N–H and O–H groups in total. The molecule has 3 aromatic heterocycles. The highest BCUT2D eigenvalue weighted by Crippen LogP contribution is 2.30. The van der Waals surface area contributed by atoms with E-state index in [-0.39, 0.29) is 12.2 Å². The number of hydrogen-bond donors (Lipinski definition) is 1. The molecule has 0 radical (unpaired) electrons. The van der Waals surface area contributed by atoms with Crippen LogP contribution in [0.1, 0.15) is 23.6 Å². The van der Waals surface area contributed by atoms with Crippen LogP contribution in [0.3, 0.4) is 0 Å². The third-order valence-electron chi connectivity index (χ3n) is 6.91. The maximum atomic E-state index is 13.6. The third kappa shape index (κ3) is 3.69. The third-order valence-corrected chi connectivity index (χ3v) is 7.92. The molecule has 1 fully saturated rings. The maximum Gasteiger partial charge on any atom is 0.261 e. The Morgan fingerprint density at radius 1 is 1.06 bits per heavy atom. The van der Waals surface area contributed by atoms with Gasteiger partial charge < -0.3 is 9.84 Å². The van der Waals surface area contributed by atoms with E-state index in [9.17, 15) is 18.3 Å². The summed E-state index contributed by atoms with van der Waals surface area (Å²) in [5, 5.41) is 13.5. The molecule has 6 rings (SSSR count). The van der Waals surface area contributed by atoms with Crippen LogP contribution < -0.4 is 5.56 Å². The SMILES string of the molecule is CS(=O)(=O)n1ccc2c(Cc3cc4c(=O)n(C5CCOC[C@@H]5O)cnc4c4ccccc34)ccnc21. The van der Waals surface area contributed by atoms with Crippen molar-refractivity contribution in [2.24, 2.45) is 0 Å². The fourth-order valence-electron chi connectivity index (χ4n) is 5.16. The fraction of sp³-hybridized carbons (Fsp3) is 0.269. The van der Waals surface area contributed by atoms with E-state index in [1.165, 1.54) is 21.1 Å². The molecule has 36 heavy (non-hydrogen) atoms. The predicted molar refractivity (Wildman–Crippen MR) is 137 cm³/mol. The van der Waals surface area contributed by atoms with Gasteiger partial charge in [0.2, 0.25) is 10.0 Å². The minimum Gasteiger partial charge on any atom is -0.389 e. The Labute approximate surface area is 206 Å². The topological polar surface area (TPSA) is 116 Å². The Kier molecular flexibility index (Phi) is 5.40. The quantitative estimate of drug-likeness (QED) is 0.374.